The summed E-state index contributed by atoms with van der Waals surface area (Å²) in [5.74, 6) is -2.39. The van der Waals surface area contributed by atoms with Crippen molar-refractivity contribution in [1.29, 1.82) is 0 Å². The van der Waals surface area contributed by atoms with Crippen molar-refractivity contribution in [3.63, 3.8) is 0 Å². The minimum absolute atomic E-state index is 0.0277. The van der Waals surface area contributed by atoms with Gasteiger partial charge in [0.25, 0.3) is 5.91 Å². The summed E-state index contributed by atoms with van der Waals surface area (Å²) < 4.78 is 41.1. The highest BCUT2D eigenvalue weighted by Crippen LogP contribution is 2.27. The molecule has 0 atom stereocenters. The molecule has 3 aromatic rings. The molecule has 8 heteroatoms. The van der Waals surface area contributed by atoms with Gasteiger partial charge < -0.3 is 11.5 Å². The Morgan fingerprint density at radius 2 is 1.73 bits per heavy atom. The fraction of sp³-hybridized carbons (Fsp3) is 0.167. The van der Waals surface area contributed by atoms with E-state index in [9.17, 15) is 18.0 Å². The van der Waals surface area contributed by atoms with Crippen LogP contribution >= 0.6 is 0 Å². The summed E-state index contributed by atoms with van der Waals surface area (Å²) in [5, 5.41) is 7.91. The molecule has 4 N–H and O–H groups in total. The molecule has 1 aromatic heterocycles. The Morgan fingerprint density at radius 3 is 2.46 bits per heavy atom. The van der Waals surface area contributed by atoms with Gasteiger partial charge in [-0.2, -0.15) is 0 Å². The Balaban J connectivity index is 1.90. The van der Waals surface area contributed by atoms with Crippen molar-refractivity contribution in [2.24, 2.45) is 5.73 Å². The summed E-state index contributed by atoms with van der Waals surface area (Å²) in [7, 11) is 0. The lowest BCUT2D eigenvalue weighted by Gasteiger charge is -2.10. The lowest BCUT2D eigenvalue weighted by molar-refractivity contribution is 0.0995. The van der Waals surface area contributed by atoms with Crippen molar-refractivity contribution in [2.75, 3.05) is 5.73 Å². The highest BCUT2D eigenvalue weighted by molar-refractivity contribution is 6.04. The second-order valence-electron chi connectivity index (χ2n) is 5.84. The van der Waals surface area contributed by atoms with Crippen LogP contribution in [0.2, 0.25) is 0 Å². The molecule has 0 bridgehead atoms. The Labute approximate surface area is 146 Å². The van der Waals surface area contributed by atoms with Gasteiger partial charge in [0, 0.05) is 10.9 Å². The Morgan fingerprint density at radius 1 is 1.00 bits per heavy atom. The van der Waals surface area contributed by atoms with E-state index in [2.05, 4.69) is 10.2 Å². The number of hydrogen-bond acceptors (Lipinski definition) is 4. The lowest BCUT2D eigenvalue weighted by atomic mass is 10.00. The van der Waals surface area contributed by atoms with Gasteiger partial charge in [-0.3, -0.25) is 4.79 Å². The number of hydrogen-bond donors (Lipinski definition) is 2. The minimum atomic E-state index is -0.829. The number of carbonyl (C=O) groups is 1. The molecule has 5 nitrogen and oxygen atoms in total. The number of nitrogens with two attached hydrogens (primary N) is 2. The van der Waals surface area contributed by atoms with Gasteiger partial charge in [-0.15, -0.1) is 10.2 Å². The molecule has 0 saturated carbocycles. The van der Waals surface area contributed by atoms with Crippen molar-refractivity contribution < 1.29 is 18.0 Å². The Bertz CT molecular complexity index is 1010. The van der Waals surface area contributed by atoms with Crippen LogP contribution in [0.5, 0.6) is 0 Å². The number of aromatic nitrogens is 2. The third kappa shape index (κ3) is 3.30. The monoisotopic (exact) mass is 360 g/mol. The molecule has 0 aliphatic carbocycles. The second kappa shape index (κ2) is 6.99. The lowest BCUT2D eigenvalue weighted by Crippen LogP contribution is -2.17. The van der Waals surface area contributed by atoms with Crippen LogP contribution in [0.4, 0.5) is 18.9 Å². The van der Waals surface area contributed by atoms with Crippen LogP contribution in [0.15, 0.2) is 30.3 Å². The average molecular weight is 360 g/mol. The summed E-state index contributed by atoms with van der Waals surface area (Å²) in [6.07, 6.45) is 0.792. The van der Waals surface area contributed by atoms with E-state index >= 15 is 0 Å². The molecule has 2 aromatic carbocycles. The van der Waals surface area contributed by atoms with Crippen LogP contribution in [-0.4, -0.2) is 16.1 Å². The normalized spacial score (nSPS) is 11.0. The van der Waals surface area contributed by atoms with Gasteiger partial charge in [-0.1, -0.05) is 0 Å². The molecule has 0 spiro atoms. The summed E-state index contributed by atoms with van der Waals surface area (Å²) in [6.45, 7) is 0. The number of fused-ring (bicyclic) bond motifs is 1. The van der Waals surface area contributed by atoms with Crippen molar-refractivity contribution >= 4 is 22.5 Å². The Hall–Kier alpha value is -3.16. The topological polar surface area (TPSA) is 94.9 Å². The minimum Gasteiger partial charge on any atom is -0.396 e. The SMILES string of the molecule is NC(=O)c1nnc2c(CCCc3cc(F)ccc3F)c(F)ccc2c1N. The average Bonchev–Trinajstić information content (AvgIpc) is 2.59. The van der Waals surface area contributed by atoms with Gasteiger partial charge in [-0.25, -0.2) is 13.2 Å². The molecule has 0 saturated heterocycles. The van der Waals surface area contributed by atoms with Crippen LogP contribution in [-0.2, 0) is 12.8 Å². The number of rotatable bonds is 5. The first-order valence-electron chi connectivity index (χ1n) is 7.85. The zero-order valence-electron chi connectivity index (χ0n) is 13.6. The number of halogens is 3. The molecule has 134 valence electrons. The maximum Gasteiger partial charge on any atom is 0.271 e. The van der Waals surface area contributed by atoms with Gasteiger partial charge in [0.05, 0.1) is 5.69 Å². The zero-order chi connectivity index (χ0) is 18.8. The first-order valence-corrected chi connectivity index (χ1v) is 7.85. The number of carbonyl (C=O) groups excluding carboxylic acids is 1. The number of primary amides is 1. The third-order valence-corrected chi connectivity index (χ3v) is 4.13. The van der Waals surface area contributed by atoms with Crippen molar-refractivity contribution in [3.05, 3.63) is 64.6 Å². The maximum atomic E-state index is 14.2. The molecule has 0 radical (unpaired) electrons. The smallest absolute Gasteiger partial charge is 0.271 e. The summed E-state index contributed by atoms with van der Waals surface area (Å²) in [4.78, 5) is 11.3. The predicted octanol–water partition coefficient (Wildman–Crippen LogP) is 2.90. The molecule has 3 rings (SSSR count). The molecule has 26 heavy (non-hydrogen) atoms. The number of nitrogens with zero attached hydrogens (tertiary/aromatic N) is 2. The number of nitrogen functional groups attached to an aromatic ring is 1. The molecular formula is C18H15F3N4O. The van der Waals surface area contributed by atoms with E-state index in [0.29, 0.717) is 11.8 Å². The molecule has 1 amide bonds. The van der Waals surface area contributed by atoms with E-state index in [1.807, 2.05) is 0 Å². The van der Waals surface area contributed by atoms with Crippen LogP contribution < -0.4 is 11.5 Å². The van der Waals surface area contributed by atoms with E-state index in [4.69, 9.17) is 11.5 Å². The van der Waals surface area contributed by atoms with Crippen LogP contribution in [0.1, 0.15) is 28.0 Å². The summed E-state index contributed by atoms with van der Waals surface area (Å²) >= 11 is 0. The van der Waals surface area contributed by atoms with Crippen LogP contribution in [0.3, 0.4) is 0 Å². The summed E-state index contributed by atoms with van der Waals surface area (Å²) in [5.41, 5.74) is 11.6. The quantitative estimate of drug-likeness (QED) is 0.731. The van der Waals surface area contributed by atoms with Gasteiger partial charge >= 0.3 is 0 Å². The molecule has 0 aliphatic heterocycles. The fourth-order valence-corrected chi connectivity index (χ4v) is 2.84. The molecule has 0 fully saturated rings. The summed E-state index contributed by atoms with van der Waals surface area (Å²) in [6, 6.07) is 5.82. The van der Waals surface area contributed by atoms with E-state index < -0.39 is 23.4 Å². The van der Waals surface area contributed by atoms with Crippen molar-refractivity contribution in [3.8, 4) is 0 Å². The van der Waals surface area contributed by atoms with E-state index in [-0.39, 0.29) is 40.9 Å². The van der Waals surface area contributed by atoms with E-state index in [1.165, 1.54) is 12.1 Å². The standard InChI is InChI=1S/C18H15F3N4O/c19-10-4-6-13(20)9(8-10)2-1-3-11-14(21)7-5-12-15(22)17(18(23)26)25-24-16(11)12/h4-8H,1-3H2,(H2,22,24)(H2,23,26). The van der Waals surface area contributed by atoms with E-state index in [0.717, 1.165) is 18.2 Å². The Kier molecular flexibility index (Phi) is 4.75. The number of anilines is 1. The van der Waals surface area contributed by atoms with Gasteiger partial charge in [-0.05, 0) is 55.2 Å². The van der Waals surface area contributed by atoms with Gasteiger partial charge in [0.1, 0.15) is 23.0 Å². The number of benzene rings is 2. The molecule has 1 heterocycles. The highest BCUT2D eigenvalue weighted by atomic mass is 19.1. The van der Waals surface area contributed by atoms with Crippen molar-refractivity contribution in [2.45, 2.75) is 19.3 Å². The number of aryl methyl sites for hydroxylation is 2. The van der Waals surface area contributed by atoms with Crippen molar-refractivity contribution in [1.82, 2.24) is 10.2 Å². The largest absolute Gasteiger partial charge is 0.396 e. The highest BCUT2D eigenvalue weighted by Gasteiger charge is 2.17. The van der Waals surface area contributed by atoms with Gasteiger partial charge in [0.15, 0.2) is 5.69 Å². The second-order valence-corrected chi connectivity index (χ2v) is 5.84. The maximum absolute atomic E-state index is 14.2. The van der Waals surface area contributed by atoms with E-state index in [1.54, 1.807) is 0 Å². The predicted molar refractivity (Wildman–Crippen MR) is 90.8 cm³/mol. The first-order chi connectivity index (χ1) is 12.4. The molecule has 0 unspecified atom stereocenters. The molecule has 0 aliphatic rings. The first kappa shape index (κ1) is 17.7. The zero-order valence-corrected chi connectivity index (χ0v) is 13.6. The van der Waals surface area contributed by atoms with Crippen LogP contribution in [0, 0.1) is 17.5 Å². The van der Waals surface area contributed by atoms with Gasteiger partial charge in [0.2, 0.25) is 0 Å². The third-order valence-electron chi connectivity index (χ3n) is 4.13. The van der Waals surface area contributed by atoms with Crippen LogP contribution in [0.25, 0.3) is 10.9 Å². The molecular weight excluding hydrogens is 345 g/mol. The number of amides is 1. The fourth-order valence-electron chi connectivity index (χ4n) is 2.84.